The lowest BCUT2D eigenvalue weighted by Gasteiger charge is -2.35. The van der Waals surface area contributed by atoms with E-state index in [9.17, 15) is 9.59 Å². The maximum absolute atomic E-state index is 12.5. The number of carbonyl (C=O) groups excluding carboxylic acids is 1. The second-order valence-electron chi connectivity index (χ2n) is 5.43. The van der Waals surface area contributed by atoms with Crippen molar-refractivity contribution in [2.24, 2.45) is 0 Å². The molecule has 0 unspecified atom stereocenters. The number of carbonyl (C=O) groups is 2. The average Bonchev–Trinajstić information content (AvgIpc) is 2.25. The average molecular weight is 318 g/mol. The van der Waals surface area contributed by atoms with Gasteiger partial charge in [0.1, 0.15) is 0 Å². The number of carboxylic acids is 1. The van der Waals surface area contributed by atoms with E-state index < -0.39 is 11.5 Å². The minimum Gasteiger partial charge on any atom is -0.481 e. The molecule has 1 N–H and O–H groups in total. The molecular formula is C14H17Cl2NO3. The summed E-state index contributed by atoms with van der Waals surface area (Å²) in [6, 6.07) is 4.59. The second-order valence-corrected chi connectivity index (χ2v) is 6.30. The first kappa shape index (κ1) is 16.8. The van der Waals surface area contributed by atoms with Crippen molar-refractivity contribution in [1.29, 1.82) is 0 Å². The van der Waals surface area contributed by atoms with Crippen LogP contribution in [0.15, 0.2) is 18.2 Å². The van der Waals surface area contributed by atoms with E-state index in [1.807, 2.05) is 20.8 Å². The molecule has 1 aromatic rings. The molecule has 0 atom stereocenters. The predicted molar refractivity (Wildman–Crippen MR) is 79.5 cm³/mol. The number of halogens is 2. The summed E-state index contributed by atoms with van der Waals surface area (Å²) in [5.41, 5.74) is -0.149. The maximum Gasteiger partial charge on any atom is 0.305 e. The van der Waals surface area contributed by atoms with Gasteiger partial charge in [0, 0.05) is 27.7 Å². The number of hydrogen-bond acceptors (Lipinski definition) is 2. The molecule has 0 bridgehead atoms. The molecule has 0 saturated carbocycles. The lowest BCUT2D eigenvalue weighted by Crippen LogP contribution is -2.46. The maximum atomic E-state index is 12.5. The zero-order valence-corrected chi connectivity index (χ0v) is 13.1. The molecule has 0 radical (unpaired) electrons. The first-order chi connectivity index (χ1) is 9.11. The molecule has 0 spiro atoms. The number of aliphatic carboxylic acids is 1. The lowest BCUT2D eigenvalue weighted by atomic mass is 10.0. The Morgan fingerprint density at radius 1 is 1.15 bits per heavy atom. The van der Waals surface area contributed by atoms with Crippen molar-refractivity contribution in [2.45, 2.75) is 32.7 Å². The van der Waals surface area contributed by atoms with Crippen LogP contribution in [0.5, 0.6) is 0 Å². The van der Waals surface area contributed by atoms with Crippen LogP contribution in [0.3, 0.4) is 0 Å². The Kier molecular flexibility index (Phi) is 5.42. The van der Waals surface area contributed by atoms with Gasteiger partial charge in [-0.05, 0) is 39.0 Å². The Hall–Kier alpha value is -1.26. The number of amides is 1. The smallest absolute Gasteiger partial charge is 0.305 e. The first-order valence-electron chi connectivity index (χ1n) is 6.11. The fourth-order valence-electron chi connectivity index (χ4n) is 1.78. The van der Waals surface area contributed by atoms with Gasteiger partial charge in [-0.1, -0.05) is 23.2 Å². The fourth-order valence-corrected chi connectivity index (χ4v) is 2.31. The third-order valence-electron chi connectivity index (χ3n) is 2.71. The summed E-state index contributed by atoms with van der Waals surface area (Å²) in [5.74, 6) is -1.24. The molecule has 20 heavy (non-hydrogen) atoms. The van der Waals surface area contributed by atoms with Crippen molar-refractivity contribution in [3.05, 3.63) is 33.8 Å². The van der Waals surface area contributed by atoms with E-state index in [4.69, 9.17) is 28.3 Å². The van der Waals surface area contributed by atoms with Crippen molar-refractivity contribution in [3.63, 3.8) is 0 Å². The molecule has 0 aliphatic carbocycles. The first-order valence-corrected chi connectivity index (χ1v) is 6.86. The van der Waals surface area contributed by atoms with E-state index in [0.717, 1.165) is 0 Å². The van der Waals surface area contributed by atoms with Crippen LogP contribution in [0.25, 0.3) is 0 Å². The van der Waals surface area contributed by atoms with Gasteiger partial charge in [-0.3, -0.25) is 9.59 Å². The highest BCUT2D eigenvalue weighted by molar-refractivity contribution is 6.35. The van der Waals surface area contributed by atoms with E-state index in [1.54, 1.807) is 6.07 Å². The van der Waals surface area contributed by atoms with E-state index >= 15 is 0 Å². The number of benzene rings is 1. The highest BCUT2D eigenvalue weighted by atomic mass is 35.5. The number of carboxylic acid groups (broad SMARTS) is 1. The van der Waals surface area contributed by atoms with Gasteiger partial charge in [0.25, 0.3) is 5.91 Å². The normalized spacial score (nSPS) is 11.2. The van der Waals surface area contributed by atoms with E-state index in [2.05, 4.69) is 0 Å². The molecule has 110 valence electrons. The molecule has 6 heteroatoms. The van der Waals surface area contributed by atoms with E-state index in [1.165, 1.54) is 17.0 Å². The van der Waals surface area contributed by atoms with Crippen LogP contribution in [-0.4, -0.2) is 34.0 Å². The summed E-state index contributed by atoms with van der Waals surface area (Å²) >= 11 is 11.8. The van der Waals surface area contributed by atoms with Gasteiger partial charge in [0.2, 0.25) is 0 Å². The highest BCUT2D eigenvalue weighted by Crippen LogP contribution is 2.23. The van der Waals surface area contributed by atoms with Gasteiger partial charge < -0.3 is 10.0 Å². The van der Waals surface area contributed by atoms with Crippen LogP contribution >= 0.6 is 23.2 Å². The Morgan fingerprint density at radius 2 is 1.65 bits per heavy atom. The van der Waals surface area contributed by atoms with E-state index in [0.29, 0.717) is 15.6 Å². The van der Waals surface area contributed by atoms with Gasteiger partial charge in [0.15, 0.2) is 0 Å². The van der Waals surface area contributed by atoms with Crippen LogP contribution in [-0.2, 0) is 4.79 Å². The van der Waals surface area contributed by atoms with Crippen molar-refractivity contribution in [2.75, 3.05) is 6.54 Å². The van der Waals surface area contributed by atoms with Crippen LogP contribution < -0.4 is 0 Å². The van der Waals surface area contributed by atoms with Crippen molar-refractivity contribution < 1.29 is 14.7 Å². The Balaban J connectivity index is 3.06. The number of rotatable bonds is 4. The number of nitrogens with zero attached hydrogens (tertiary/aromatic N) is 1. The molecule has 1 rings (SSSR count). The zero-order valence-electron chi connectivity index (χ0n) is 11.6. The second kappa shape index (κ2) is 6.46. The molecule has 1 amide bonds. The SMILES string of the molecule is CC(C)(C)N(CCC(=O)O)C(=O)c1cc(Cl)cc(Cl)c1. The minimum absolute atomic E-state index is 0.114. The van der Waals surface area contributed by atoms with Gasteiger partial charge >= 0.3 is 5.97 Å². The summed E-state index contributed by atoms with van der Waals surface area (Å²) in [6.45, 7) is 5.67. The zero-order chi connectivity index (χ0) is 15.5. The summed E-state index contributed by atoms with van der Waals surface area (Å²) in [7, 11) is 0. The fraction of sp³-hybridized carbons (Fsp3) is 0.429. The molecule has 0 aliphatic rings. The molecular weight excluding hydrogens is 301 g/mol. The van der Waals surface area contributed by atoms with E-state index in [-0.39, 0.29) is 18.9 Å². The van der Waals surface area contributed by atoms with Crippen molar-refractivity contribution in [3.8, 4) is 0 Å². The Morgan fingerprint density at radius 3 is 2.05 bits per heavy atom. The van der Waals surface area contributed by atoms with Gasteiger partial charge in [0.05, 0.1) is 6.42 Å². The molecule has 0 fully saturated rings. The minimum atomic E-state index is -0.948. The summed E-state index contributed by atoms with van der Waals surface area (Å²) in [6.07, 6.45) is -0.114. The molecule has 4 nitrogen and oxygen atoms in total. The van der Waals surface area contributed by atoms with Crippen LogP contribution in [0.1, 0.15) is 37.6 Å². The third-order valence-corrected chi connectivity index (χ3v) is 3.15. The summed E-state index contributed by atoms with van der Waals surface area (Å²) in [4.78, 5) is 24.7. The van der Waals surface area contributed by atoms with Gasteiger partial charge in [-0.2, -0.15) is 0 Å². The van der Waals surface area contributed by atoms with Gasteiger partial charge in [-0.25, -0.2) is 0 Å². The van der Waals surface area contributed by atoms with Crippen molar-refractivity contribution >= 4 is 35.1 Å². The third kappa shape index (κ3) is 4.69. The standard InChI is InChI=1S/C14H17Cl2NO3/c1-14(2,3)17(5-4-12(18)19)13(20)9-6-10(15)8-11(16)7-9/h6-8H,4-5H2,1-3H3,(H,18,19). The number of hydrogen-bond donors (Lipinski definition) is 1. The molecule has 0 saturated heterocycles. The van der Waals surface area contributed by atoms with Crippen LogP contribution in [0.4, 0.5) is 0 Å². The Bertz CT molecular complexity index is 503. The topological polar surface area (TPSA) is 57.6 Å². The van der Waals surface area contributed by atoms with Crippen molar-refractivity contribution in [1.82, 2.24) is 4.90 Å². The van der Waals surface area contributed by atoms with Crippen LogP contribution in [0.2, 0.25) is 10.0 Å². The lowest BCUT2D eigenvalue weighted by molar-refractivity contribution is -0.137. The summed E-state index contributed by atoms with van der Waals surface area (Å²) in [5, 5.41) is 9.53. The highest BCUT2D eigenvalue weighted by Gasteiger charge is 2.28. The predicted octanol–water partition coefficient (Wildman–Crippen LogP) is 3.71. The molecule has 1 aromatic carbocycles. The van der Waals surface area contributed by atoms with Gasteiger partial charge in [-0.15, -0.1) is 0 Å². The largest absolute Gasteiger partial charge is 0.481 e. The molecule has 0 heterocycles. The molecule has 0 aromatic heterocycles. The quantitative estimate of drug-likeness (QED) is 0.921. The van der Waals surface area contributed by atoms with Crippen LogP contribution in [0, 0.1) is 0 Å². The monoisotopic (exact) mass is 317 g/mol. The Labute approximate surface area is 128 Å². The summed E-state index contributed by atoms with van der Waals surface area (Å²) < 4.78 is 0. The molecule has 0 aliphatic heterocycles.